The number of nitrogens with one attached hydrogen (secondary N) is 2. The molecular weight excluding hydrogens is 468 g/mol. The Morgan fingerprint density at radius 1 is 0.838 bits per heavy atom. The smallest absolute Gasteiger partial charge is 0.336 e. The van der Waals surface area contributed by atoms with Crippen molar-refractivity contribution in [1.29, 1.82) is 0 Å². The Morgan fingerprint density at radius 2 is 1.51 bits per heavy atom. The van der Waals surface area contributed by atoms with Gasteiger partial charge in [-0.05, 0) is 54.3 Å². The Labute approximate surface area is 214 Å². The molecule has 0 fully saturated rings. The van der Waals surface area contributed by atoms with E-state index in [4.69, 9.17) is 0 Å². The van der Waals surface area contributed by atoms with E-state index in [1.807, 2.05) is 6.07 Å². The van der Waals surface area contributed by atoms with Crippen LogP contribution < -0.4 is 21.9 Å². The fraction of sp³-hybridized carbons (Fsp3) is 0.241. The van der Waals surface area contributed by atoms with Crippen LogP contribution in [0.5, 0.6) is 0 Å². The highest BCUT2D eigenvalue weighted by Gasteiger charge is 2.17. The van der Waals surface area contributed by atoms with Gasteiger partial charge in [0.15, 0.2) is 0 Å². The molecule has 0 saturated carbocycles. The summed E-state index contributed by atoms with van der Waals surface area (Å²) in [4.78, 5) is 51.8. The van der Waals surface area contributed by atoms with Gasteiger partial charge in [-0.25, -0.2) is 9.36 Å². The van der Waals surface area contributed by atoms with Gasteiger partial charge in [0.25, 0.3) is 5.56 Å². The molecule has 1 heterocycles. The van der Waals surface area contributed by atoms with E-state index < -0.39 is 11.2 Å². The average molecular weight is 499 g/mol. The molecule has 0 bridgehead atoms. The monoisotopic (exact) mass is 498 g/mol. The normalized spacial score (nSPS) is 11.0. The number of anilines is 1. The number of hydrogen-bond donors (Lipinski definition) is 2. The van der Waals surface area contributed by atoms with Crippen LogP contribution in [0.3, 0.4) is 0 Å². The zero-order valence-electron chi connectivity index (χ0n) is 20.9. The molecule has 2 amide bonds. The van der Waals surface area contributed by atoms with Crippen LogP contribution in [0.4, 0.5) is 5.69 Å². The van der Waals surface area contributed by atoms with Gasteiger partial charge in [-0.2, -0.15) is 0 Å². The summed E-state index contributed by atoms with van der Waals surface area (Å²) in [5, 5.41) is 6.01. The van der Waals surface area contributed by atoms with E-state index in [9.17, 15) is 19.2 Å². The van der Waals surface area contributed by atoms with Crippen LogP contribution in [0.2, 0.25) is 0 Å². The minimum absolute atomic E-state index is 0.0805. The second-order valence-electron chi connectivity index (χ2n) is 9.32. The van der Waals surface area contributed by atoms with Crippen molar-refractivity contribution < 1.29 is 9.59 Å². The van der Waals surface area contributed by atoms with Crippen molar-refractivity contribution in [2.24, 2.45) is 5.92 Å². The van der Waals surface area contributed by atoms with E-state index in [1.54, 1.807) is 72.8 Å². The zero-order valence-corrected chi connectivity index (χ0v) is 20.9. The minimum Gasteiger partial charge on any atom is -0.356 e. The highest BCUT2D eigenvalue weighted by atomic mass is 16.2. The van der Waals surface area contributed by atoms with Gasteiger partial charge in [0, 0.05) is 12.2 Å². The van der Waals surface area contributed by atoms with Crippen LogP contribution >= 0.6 is 0 Å². The second kappa shape index (κ2) is 11.5. The van der Waals surface area contributed by atoms with Gasteiger partial charge in [-0.1, -0.05) is 56.3 Å². The molecule has 1 aromatic heterocycles. The number of fused-ring (bicyclic) bond motifs is 1. The third-order valence-corrected chi connectivity index (χ3v) is 6.01. The quantitative estimate of drug-likeness (QED) is 0.369. The summed E-state index contributed by atoms with van der Waals surface area (Å²) in [6.45, 7) is 4.56. The number of para-hydroxylation sites is 2. The van der Waals surface area contributed by atoms with E-state index in [2.05, 4.69) is 24.5 Å². The third kappa shape index (κ3) is 6.22. The van der Waals surface area contributed by atoms with Crippen molar-refractivity contribution in [2.45, 2.75) is 33.2 Å². The van der Waals surface area contributed by atoms with Crippen molar-refractivity contribution in [2.75, 3.05) is 11.9 Å². The Hall–Kier alpha value is -4.46. The number of carbonyl (C=O) groups excluding carboxylic acids is 2. The van der Waals surface area contributed by atoms with E-state index in [1.165, 1.54) is 4.57 Å². The molecule has 0 unspecified atom stereocenters. The molecule has 4 aromatic rings. The molecule has 190 valence electrons. The van der Waals surface area contributed by atoms with Gasteiger partial charge in [-0.15, -0.1) is 0 Å². The predicted molar refractivity (Wildman–Crippen MR) is 145 cm³/mol. The second-order valence-corrected chi connectivity index (χ2v) is 9.32. The average Bonchev–Trinajstić information content (AvgIpc) is 2.88. The molecule has 8 nitrogen and oxygen atoms in total. The van der Waals surface area contributed by atoms with Gasteiger partial charge >= 0.3 is 5.69 Å². The maximum absolute atomic E-state index is 13.5. The van der Waals surface area contributed by atoms with Crippen LogP contribution in [-0.4, -0.2) is 27.5 Å². The Balaban J connectivity index is 1.63. The highest BCUT2D eigenvalue weighted by molar-refractivity contribution is 5.91. The number of nitrogens with zero attached hydrogens (tertiary/aromatic N) is 2. The first kappa shape index (κ1) is 25.6. The van der Waals surface area contributed by atoms with Crippen LogP contribution in [0.25, 0.3) is 16.6 Å². The molecule has 0 radical (unpaired) electrons. The lowest BCUT2D eigenvalue weighted by atomic mass is 10.1. The molecule has 0 atom stereocenters. The molecule has 37 heavy (non-hydrogen) atoms. The fourth-order valence-electron chi connectivity index (χ4n) is 4.08. The Morgan fingerprint density at radius 3 is 2.22 bits per heavy atom. The lowest BCUT2D eigenvalue weighted by molar-refractivity contribution is -0.120. The zero-order chi connectivity index (χ0) is 26.4. The highest BCUT2D eigenvalue weighted by Crippen LogP contribution is 2.13. The van der Waals surface area contributed by atoms with Gasteiger partial charge in [0.05, 0.1) is 23.0 Å². The fourth-order valence-corrected chi connectivity index (χ4v) is 4.08. The number of carbonyl (C=O) groups is 2. The van der Waals surface area contributed by atoms with Crippen molar-refractivity contribution in [3.8, 4) is 5.69 Å². The summed E-state index contributed by atoms with van der Waals surface area (Å²) < 4.78 is 2.36. The first-order valence-electron chi connectivity index (χ1n) is 12.3. The van der Waals surface area contributed by atoms with Gasteiger partial charge < -0.3 is 10.6 Å². The van der Waals surface area contributed by atoms with Gasteiger partial charge in [0.1, 0.15) is 6.54 Å². The molecule has 0 aliphatic heterocycles. The van der Waals surface area contributed by atoms with E-state index in [0.717, 1.165) is 16.6 Å². The topological polar surface area (TPSA) is 102 Å². The molecule has 8 heteroatoms. The number of rotatable bonds is 9. The number of aromatic nitrogens is 2. The number of hydrogen-bond acceptors (Lipinski definition) is 4. The maximum Gasteiger partial charge on any atom is 0.336 e. The first-order valence-corrected chi connectivity index (χ1v) is 12.3. The van der Waals surface area contributed by atoms with Crippen LogP contribution in [0, 0.1) is 5.92 Å². The lowest BCUT2D eigenvalue weighted by Gasteiger charge is -2.14. The van der Waals surface area contributed by atoms with Crippen molar-refractivity contribution in [3.63, 3.8) is 0 Å². The van der Waals surface area contributed by atoms with Crippen molar-refractivity contribution >= 4 is 28.4 Å². The number of amides is 2. The molecular formula is C29H30N4O4. The van der Waals surface area contributed by atoms with Crippen molar-refractivity contribution in [3.05, 3.63) is 105 Å². The summed E-state index contributed by atoms with van der Waals surface area (Å²) in [5.74, 6) is 0.0406. The van der Waals surface area contributed by atoms with Crippen LogP contribution in [0.1, 0.15) is 25.8 Å². The molecule has 0 aliphatic rings. The Kier molecular flexibility index (Phi) is 7.98. The standard InChI is InChI=1S/C29H30N4O4/c1-20(2)16-17-30-26(34)18-21-12-14-23(15-13-21)33-28(36)24-10-6-7-11-25(24)32(29(33)37)19-27(35)31-22-8-4-3-5-9-22/h3-15,20H,16-19H2,1-2H3,(H,30,34)(H,31,35). The van der Waals surface area contributed by atoms with Gasteiger partial charge in [0.2, 0.25) is 11.8 Å². The molecule has 0 spiro atoms. The first-order chi connectivity index (χ1) is 17.8. The van der Waals surface area contributed by atoms with Crippen LogP contribution in [0.15, 0.2) is 88.5 Å². The molecule has 0 aliphatic carbocycles. The van der Waals surface area contributed by atoms with E-state index >= 15 is 0 Å². The van der Waals surface area contributed by atoms with Gasteiger partial charge in [-0.3, -0.25) is 19.0 Å². The van der Waals surface area contributed by atoms with E-state index in [0.29, 0.717) is 34.7 Å². The third-order valence-electron chi connectivity index (χ3n) is 6.01. The van der Waals surface area contributed by atoms with E-state index in [-0.39, 0.29) is 24.8 Å². The largest absolute Gasteiger partial charge is 0.356 e. The predicted octanol–water partition coefficient (Wildman–Crippen LogP) is 3.50. The van der Waals surface area contributed by atoms with Crippen molar-refractivity contribution in [1.82, 2.24) is 14.5 Å². The SMILES string of the molecule is CC(C)CCNC(=O)Cc1ccc(-n2c(=O)c3ccccc3n(CC(=O)Nc3ccccc3)c2=O)cc1. The summed E-state index contributed by atoms with van der Waals surface area (Å²) in [7, 11) is 0. The Bertz CT molecular complexity index is 1520. The summed E-state index contributed by atoms with van der Waals surface area (Å²) in [6.07, 6.45) is 1.11. The summed E-state index contributed by atoms with van der Waals surface area (Å²) in [6, 6.07) is 22.4. The maximum atomic E-state index is 13.5. The molecule has 4 rings (SSSR count). The molecule has 0 saturated heterocycles. The summed E-state index contributed by atoms with van der Waals surface area (Å²) in [5.41, 5.74) is 1.03. The minimum atomic E-state index is -0.619. The molecule has 3 aromatic carbocycles. The lowest BCUT2D eigenvalue weighted by Crippen LogP contribution is -2.40. The van der Waals surface area contributed by atoms with Crippen LogP contribution in [-0.2, 0) is 22.6 Å². The summed E-state index contributed by atoms with van der Waals surface area (Å²) >= 11 is 0. The number of benzene rings is 3. The molecule has 2 N–H and O–H groups in total.